The Balaban J connectivity index is 1.42. The zero-order chi connectivity index (χ0) is 29.6. The van der Waals surface area contributed by atoms with E-state index in [4.69, 9.17) is 4.74 Å². The first-order valence-corrected chi connectivity index (χ1v) is 16.3. The van der Waals surface area contributed by atoms with Crippen LogP contribution in [0.2, 0.25) is 0 Å². The molecule has 0 aromatic heterocycles. The molecular weight excluding hydrogens is 504 g/mol. The number of ether oxygens (including phenoxy) is 1. The van der Waals surface area contributed by atoms with Gasteiger partial charge in [0.05, 0.1) is 12.5 Å². The molecule has 0 radical (unpaired) electrons. The van der Waals surface area contributed by atoms with Gasteiger partial charge >= 0.3 is 5.97 Å². The van der Waals surface area contributed by atoms with Gasteiger partial charge in [0.15, 0.2) is 5.78 Å². The van der Waals surface area contributed by atoms with E-state index in [-0.39, 0.29) is 33.0 Å². The van der Waals surface area contributed by atoms with Crippen LogP contribution in [0.5, 0.6) is 0 Å². The minimum absolute atomic E-state index is 0.0273. The lowest BCUT2D eigenvalue weighted by atomic mass is 9.32. The van der Waals surface area contributed by atoms with Gasteiger partial charge in [-0.25, -0.2) is 0 Å². The van der Waals surface area contributed by atoms with E-state index >= 15 is 0 Å². The lowest BCUT2D eigenvalue weighted by Gasteiger charge is -2.72. The largest absolute Gasteiger partial charge is 0.469 e. The third-order valence-electron chi connectivity index (χ3n) is 14.4. The average molecular weight is 557 g/mol. The van der Waals surface area contributed by atoms with E-state index in [9.17, 15) is 9.59 Å². The molecule has 5 fully saturated rings. The maximum absolute atomic E-state index is 14.0. The predicted molar refractivity (Wildman–Crippen MR) is 166 cm³/mol. The smallest absolute Gasteiger partial charge is 0.312 e. The first-order chi connectivity index (χ1) is 19.3. The monoisotopic (exact) mass is 556 g/mol. The quantitative estimate of drug-likeness (QED) is 0.212. The topological polar surface area (TPSA) is 43.4 Å². The molecule has 0 aliphatic heterocycles. The van der Waals surface area contributed by atoms with E-state index in [0.29, 0.717) is 35.4 Å². The van der Waals surface area contributed by atoms with Crippen LogP contribution in [0, 0.1) is 56.7 Å². The first kappa shape index (κ1) is 28.9. The maximum Gasteiger partial charge on any atom is 0.312 e. The zero-order valence-electron chi connectivity index (χ0n) is 26.6. The summed E-state index contributed by atoms with van der Waals surface area (Å²) < 4.78 is 5.54. The minimum atomic E-state index is -0.365. The van der Waals surface area contributed by atoms with Gasteiger partial charge in [0.2, 0.25) is 0 Å². The number of allylic oxidation sites excluding steroid dienone is 2. The van der Waals surface area contributed by atoms with Gasteiger partial charge in [0.1, 0.15) is 0 Å². The molecule has 0 amide bonds. The van der Waals surface area contributed by atoms with Crippen molar-refractivity contribution in [2.45, 2.75) is 99.3 Å². The van der Waals surface area contributed by atoms with E-state index in [1.165, 1.54) is 24.8 Å². The number of esters is 1. The van der Waals surface area contributed by atoms with Crippen LogP contribution in [0.3, 0.4) is 0 Å². The van der Waals surface area contributed by atoms with Gasteiger partial charge < -0.3 is 4.74 Å². The Hall–Kier alpha value is -2.16. The Morgan fingerprint density at radius 3 is 2.27 bits per heavy atom. The lowest BCUT2D eigenvalue weighted by Crippen LogP contribution is -2.67. The summed E-state index contributed by atoms with van der Waals surface area (Å²) in [7, 11) is 1.59. The number of Topliss-reactive ketones (excluding diaryl/α,β-unsaturated/α-hetero) is 1. The Bertz CT molecular complexity index is 1290. The van der Waals surface area contributed by atoms with Crippen molar-refractivity contribution in [3.63, 3.8) is 0 Å². The van der Waals surface area contributed by atoms with Crippen LogP contribution in [-0.4, -0.2) is 18.9 Å². The molecule has 0 heterocycles. The van der Waals surface area contributed by atoms with E-state index < -0.39 is 0 Å². The van der Waals surface area contributed by atoms with Crippen LogP contribution >= 0.6 is 0 Å². The van der Waals surface area contributed by atoms with E-state index in [1.54, 1.807) is 7.11 Å². The van der Waals surface area contributed by atoms with Gasteiger partial charge in [0, 0.05) is 5.41 Å². The fourth-order valence-corrected chi connectivity index (χ4v) is 12.4. The highest BCUT2D eigenvalue weighted by Gasteiger charge is 2.72. The zero-order valence-corrected chi connectivity index (χ0v) is 26.6. The number of fused-ring (bicyclic) bond motifs is 7. The van der Waals surface area contributed by atoms with Crippen LogP contribution < -0.4 is 0 Å². The molecule has 9 atom stereocenters. The summed E-state index contributed by atoms with van der Waals surface area (Å²) in [5.74, 6) is 2.55. The van der Waals surface area contributed by atoms with E-state index in [2.05, 4.69) is 78.5 Å². The number of benzene rings is 1. The Morgan fingerprint density at radius 2 is 1.61 bits per heavy atom. The molecule has 0 saturated heterocycles. The summed E-state index contributed by atoms with van der Waals surface area (Å²) in [5.41, 5.74) is 3.06. The molecule has 41 heavy (non-hydrogen) atoms. The fraction of sp³-hybridized carbons (Fsp3) is 0.684. The highest BCUT2D eigenvalue weighted by atomic mass is 16.5. The van der Waals surface area contributed by atoms with Crippen LogP contribution in [0.15, 0.2) is 48.1 Å². The van der Waals surface area contributed by atoms with Crippen molar-refractivity contribution in [3.8, 4) is 0 Å². The standard InChI is InChI=1S/C38H52O3/c1-24(2)27-16-19-38(33(40)41-8)21-20-36(6)28(31(27)38)14-15-30-35(5)23-26(22-25-12-10-9-11-13-25)32(39)34(3,4)29(35)17-18-37(30,36)7/h9-13,22,27-31H,1,14-21,23H2,2-8H3/b26-22-/t27-,28+,29+,30+,31-,35-,36+,37+,38-/m0/s1. The number of hydrogen-bond donors (Lipinski definition) is 0. The molecule has 0 N–H and O–H groups in total. The molecule has 222 valence electrons. The number of carbonyl (C=O) groups excluding carboxylic acids is 2. The third kappa shape index (κ3) is 3.75. The van der Waals surface area contributed by atoms with Crippen molar-refractivity contribution in [2.24, 2.45) is 56.7 Å². The van der Waals surface area contributed by atoms with Gasteiger partial charge in [-0.05, 0) is 128 Å². The molecule has 6 rings (SSSR count). The average Bonchev–Trinajstić information content (AvgIpc) is 3.33. The lowest BCUT2D eigenvalue weighted by molar-refractivity contribution is -0.232. The number of hydrogen-bond acceptors (Lipinski definition) is 3. The number of ketones is 1. The molecule has 5 aliphatic carbocycles. The van der Waals surface area contributed by atoms with Crippen molar-refractivity contribution < 1.29 is 14.3 Å². The molecule has 0 bridgehead atoms. The van der Waals surface area contributed by atoms with E-state index in [1.807, 2.05) is 6.07 Å². The number of rotatable bonds is 3. The molecule has 1 aromatic rings. The summed E-state index contributed by atoms with van der Waals surface area (Å²) in [6.07, 6.45) is 11.7. The summed E-state index contributed by atoms with van der Waals surface area (Å²) in [5, 5.41) is 0. The molecular formula is C38H52O3. The van der Waals surface area contributed by atoms with Crippen LogP contribution in [-0.2, 0) is 14.3 Å². The Kier molecular flexibility index (Phi) is 6.65. The second kappa shape index (κ2) is 9.42. The van der Waals surface area contributed by atoms with Gasteiger partial charge in [0.25, 0.3) is 0 Å². The predicted octanol–water partition coefficient (Wildman–Crippen LogP) is 9.08. The van der Waals surface area contributed by atoms with Crippen molar-refractivity contribution in [2.75, 3.05) is 7.11 Å². The Labute approximate surface area is 248 Å². The second-order valence-electron chi connectivity index (χ2n) is 16.1. The molecule has 3 nitrogen and oxygen atoms in total. The van der Waals surface area contributed by atoms with E-state index in [0.717, 1.165) is 49.7 Å². The van der Waals surface area contributed by atoms with Gasteiger partial charge in [-0.2, -0.15) is 0 Å². The van der Waals surface area contributed by atoms with Crippen LogP contribution in [0.4, 0.5) is 0 Å². The van der Waals surface area contributed by atoms with Crippen molar-refractivity contribution in [3.05, 3.63) is 53.6 Å². The van der Waals surface area contributed by atoms with Gasteiger partial charge in [-0.3, -0.25) is 9.59 Å². The molecule has 1 aromatic carbocycles. The van der Waals surface area contributed by atoms with Gasteiger partial charge in [-0.1, -0.05) is 77.1 Å². The third-order valence-corrected chi connectivity index (χ3v) is 14.4. The Morgan fingerprint density at radius 1 is 0.902 bits per heavy atom. The van der Waals surface area contributed by atoms with Crippen LogP contribution in [0.25, 0.3) is 6.08 Å². The summed E-state index contributed by atoms with van der Waals surface area (Å²) in [6, 6.07) is 10.4. The normalized spacial score (nSPS) is 45.7. The minimum Gasteiger partial charge on any atom is -0.469 e. The van der Waals surface area contributed by atoms with Crippen LogP contribution in [0.1, 0.15) is 105 Å². The highest BCUT2D eigenvalue weighted by Crippen LogP contribution is 2.77. The number of methoxy groups -OCH3 is 1. The SMILES string of the molecule is C=C(C)[C@@H]1CC[C@]2(C(=O)OC)CC[C@]3(C)[C@H](CC[C@@H]4[C@@]5(C)C/C(=C/c6ccccc6)C(=O)C(C)(C)[C@H]5CC[C@]43C)[C@H]12. The fourth-order valence-electron chi connectivity index (χ4n) is 12.4. The second-order valence-corrected chi connectivity index (χ2v) is 16.1. The first-order valence-electron chi connectivity index (χ1n) is 16.3. The van der Waals surface area contributed by atoms with Crippen molar-refractivity contribution in [1.82, 2.24) is 0 Å². The number of carbonyl (C=O) groups is 2. The molecule has 0 spiro atoms. The molecule has 5 aliphatic rings. The molecule has 5 saturated carbocycles. The molecule has 0 unspecified atom stereocenters. The molecule has 3 heteroatoms. The summed E-state index contributed by atoms with van der Waals surface area (Å²) >= 11 is 0. The highest BCUT2D eigenvalue weighted by molar-refractivity contribution is 6.04. The van der Waals surface area contributed by atoms with Gasteiger partial charge in [-0.15, -0.1) is 0 Å². The summed E-state index contributed by atoms with van der Waals surface area (Å²) in [4.78, 5) is 27.5. The summed E-state index contributed by atoms with van der Waals surface area (Å²) in [6.45, 7) is 18.9. The van der Waals surface area contributed by atoms with Crippen molar-refractivity contribution >= 4 is 17.8 Å². The maximum atomic E-state index is 14.0. The van der Waals surface area contributed by atoms with Crippen molar-refractivity contribution in [1.29, 1.82) is 0 Å².